The average Bonchev–Trinajstić information content (AvgIpc) is 3.37. The van der Waals surface area contributed by atoms with Crippen molar-refractivity contribution >= 4 is 12.6 Å². The van der Waals surface area contributed by atoms with E-state index in [2.05, 4.69) is 0 Å². The normalized spacial score (nSPS) is 15.9. The molecule has 1 aliphatic rings. The zero-order valence-electron chi connectivity index (χ0n) is 14.2. The van der Waals surface area contributed by atoms with E-state index in [1.807, 2.05) is 85.8 Å². The summed E-state index contributed by atoms with van der Waals surface area (Å²) in [5.74, 6) is 0.905. The number of benzene rings is 1. The summed E-state index contributed by atoms with van der Waals surface area (Å²) in [5, 5.41) is 0. The molecule has 3 aromatic carbocycles. The first kappa shape index (κ1) is 19.5. The molecule has 1 aliphatic heterocycles. The molecule has 0 aliphatic carbocycles. The van der Waals surface area contributed by atoms with Gasteiger partial charge in [0.2, 0.25) is 0 Å². The van der Waals surface area contributed by atoms with Gasteiger partial charge in [-0.15, -0.1) is 0 Å². The summed E-state index contributed by atoms with van der Waals surface area (Å²) in [5.41, 5.74) is 2.20. The monoisotopic (exact) mass is 376 g/mol. The van der Waals surface area contributed by atoms with E-state index in [4.69, 9.17) is 14.0 Å². The van der Waals surface area contributed by atoms with Crippen LogP contribution >= 0.6 is 0 Å². The van der Waals surface area contributed by atoms with Crippen LogP contribution in [0, 0.1) is 6.92 Å². The van der Waals surface area contributed by atoms with E-state index in [0.717, 1.165) is 16.8 Å². The standard InChI is InChI=1S/C15H16BO3.C5H5.Fe/c1-12-6-2-5-9-15(12)17-10-14-11-18-16(19-14)13-7-3-4-8-13;1-2-4-5-3-1;/h2-9,14H,10-11H2,1H3;1-5H;/q2*-1;/t14-;;/m0../s1. The average molecular weight is 376 g/mol. The van der Waals surface area contributed by atoms with Crippen molar-refractivity contribution in [3.05, 3.63) is 84.4 Å². The number of rotatable bonds is 4. The summed E-state index contributed by atoms with van der Waals surface area (Å²) in [4.78, 5) is 0. The van der Waals surface area contributed by atoms with E-state index in [1.54, 1.807) is 0 Å². The van der Waals surface area contributed by atoms with Gasteiger partial charge < -0.3 is 14.0 Å². The Kier molecular flexibility index (Phi) is 8.03. The van der Waals surface area contributed by atoms with E-state index < -0.39 is 0 Å². The van der Waals surface area contributed by atoms with E-state index in [0.29, 0.717) is 13.2 Å². The van der Waals surface area contributed by atoms with E-state index in [9.17, 15) is 0 Å². The van der Waals surface area contributed by atoms with Crippen LogP contribution < -0.4 is 10.2 Å². The molecule has 0 amide bonds. The molecule has 25 heavy (non-hydrogen) atoms. The van der Waals surface area contributed by atoms with Crippen molar-refractivity contribution < 1.29 is 31.1 Å². The number of ether oxygens (including phenoxy) is 1. The molecule has 1 atom stereocenters. The first-order valence-electron chi connectivity index (χ1n) is 8.17. The third-order valence-corrected chi connectivity index (χ3v) is 3.78. The number of hydrogen-bond donors (Lipinski definition) is 0. The Balaban J connectivity index is 0.000000325. The summed E-state index contributed by atoms with van der Waals surface area (Å²) in [7, 11) is -0.250. The Bertz CT molecular complexity index is 680. The van der Waals surface area contributed by atoms with Gasteiger partial charge in [0.25, 0.3) is 0 Å². The minimum atomic E-state index is -0.250. The summed E-state index contributed by atoms with van der Waals surface area (Å²) in [6.07, 6.45) is -0.0143. The van der Waals surface area contributed by atoms with Crippen LogP contribution in [0.25, 0.3) is 0 Å². The molecule has 3 nitrogen and oxygen atoms in total. The van der Waals surface area contributed by atoms with Gasteiger partial charge in [-0.3, -0.25) is 0 Å². The van der Waals surface area contributed by atoms with Gasteiger partial charge in [0.05, 0.1) is 12.7 Å². The first-order chi connectivity index (χ1) is 11.8. The fraction of sp³-hybridized carbons (Fsp3) is 0.200. The first-order valence-corrected chi connectivity index (χ1v) is 8.17. The Hall–Kier alpha value is -1.78. The van der Waals surface area contributed by atoms with Crippen molar-refractivity contribution in [3.8, 4) is 5.75 Å². The molecule has 0 bridgehead atoms. The minimum Gasteiger partial charge on any atom is -0.491 e. The molecular formula is C20H21BFeO3-2. The van der Waals surface area contributed by atoms with Crippen LogP contribution in [-0.4, -0.2) is 26.4 Å². The third-order valence-electron chi connectivity index (χ3n) is 3.78. The predicted octanol–water partition coefficient (Wildman–Crippen LogP) is 3.31. The Morgan fingerprint density at radius 1 is 1.08 bits per heavy atom. The molecule has 0 aromatic heterocycles. The van der Waals surface area contributed by atoms with Gasteiger partial charge in [-0.1, -0.05) is 18.2 Å². The molecular weight excluding hydrogens is 355 g/mol. The maximum Gasteiger partial charge on any atom is 0.406 e. The van der Waals surface area contributed by atoms with Crippen LogP contribution in [-0.2, 0) is 26.4 Å². The van der Waals surface area contributed by atoms with Gasteiger partial charge in [-0.2, -0.15) is 41.9 Å². The van der Waals surface area contributed by atoms with E-state index >= 15 is 0 Å². The molecule has 0 N–H and O–H groups in total. The smallest absolute Gasteiger partial charge is 0.406 e. The maximum atomic E-state index is 5.82. The molecule has 4 rings (SSSR count). The second-order valence-corrected chi connectivity index (χ2v) is 5.68. The Labute approximate surface area is 160 Å². The number of hydrogen-bond acceptors (Lipinski definition) is 3. The van der Waals surface area contributed by atoms with Crippen molar-refractivity contribution in [2.75, 3.05) is 13.2 Å². The van der Waals surface area contributed by atoms with Crippen LogP contribution in [0.15, 0.2) is 78.9 Å². The molecule has 3 aromatic rings. The molecule has 1 fully saturated rings. The topological polar surface area (TPSA) is 27.7 Å². The van der Waals surface area contributed by atoms with Gasteiger partial charge in [-0.25, -0.2) is 18.2 Å². The Morgan fingerprint density at radius 2 is 1.88 bits per heavy atom. The van der Waals surface area contributed by atoms with Gasteiger partial charge in [0, 0.05) is 17.1 Å². The van der Waals surface area contributed by atoms with Gasteiger partial charge in [0.1, 0.15) is 12.4 Å². The second-order valence-electron chi connectivity index (χ2n) is 5.68. The fourth-order valence-electron chi connectivity index (χ4n) is 2.48. The van der Waals surface area contributed by atoms with Crippen LogP contribution in [0.2, 0.25) is 0 Å². The summed E-state index contributed by atoms with van der Waals surface area (Å²) >= 11 is 0. The molecule has 5 heteroatoms. The largest absolute Gasteiger partial charge is 0.491 e. The van der Waals surface area contributed by atoms with Crippen molar-refractivity contribution in [2.24, 2.45) is 0 Å². The van der Waals surface area contributed by atoms with Gasteiger partial charge in [0.15, 0.2) is 0 Å². The third kappa shape index (κ3) is 5.91. The van der Waals surface area contributed by atoms with Crippen LogP contribution in [0.1, 0.15) is 5.56 Å². The Morgan fingerprint density at radius 3 is 2.52 bits per heavy atom. The molecule has 0 unspecified atom stereocenters. The van der Waals surface area contributed by atoms with Crippen molar-refractivity contribution in [2.45, 2.75) is 13.0 Å². The molecule has 1 heterocycles. The van der Waals surface area contributed by atoms with E-state index in [-0.39, 0.29) is 30.3 Å². The molecule has 1 saturated heterocycles. The molecule has 0 saturated carbocycles. The van der Waals surface area contributed by atoms with Gasteiger partial charge >= 0.3 is 7.12 Å². The molecule has 132 valence electrons. The number of aryl methyl sites for hydroxylation is 1. The minimum absolute atomic E-state index is 0. The van der Waals surface area contributed by atoms with Crippen molar-refractivity contribution in [1.82, 2.24) is 0 Å². The van der Waals surface area contributed by atoms with Crippen molar-refractivity contribution in [1.29, 1.82) is 0 Å². The molecule has 0 radical (unpaired) electrons. The number of para-hydroxylation sites is 1. The fourth-order valence-corrected chi connectivity index (χ4v) is 2.48. The van der Waals surface area contributed by atoms with Gasteiger partial charge in [-0.05, 0) is 18.6 Å². The van der Waals surface area contributed by atoms with E-state index in [1.165, 1.54) is 0 Å². The quantitative estimate of drug-likeness (QED) is 0.517. The second kappa shape index (κ2) is 10.3. The molecule has 0 spiro atoms. The summed E-state index contributed by atoms with van der Waals surface area (Å²) < 4.78 is 17.2. The zero-order valence-corrected chi connectivity index (χ0v) is 15.3. The summed E-state index contributed by atoms with van der Waals surface area (Å²) in [6, 6.07) is 26.0. The maximum absolute atomic E-state index is 5.82. The predicted molar refractivity (Wildman–Crippen MR) is 97.0 cm³/mol. The zero-order chi connectivity index (χ0) is 16.6. The van der Waals surface area contributed by atoms with Crippen LogP contribution in [0.4, 0.5) is 0 Å². The summed E-state index contributed by atoms with van der Waals surface area (Å²) in [6.45, 7) is 3.12. The van der Waals surface area contributed by atoms with Crippen molar-refractivity contribution in [3.63, 3.8) is 0 Å². The van der Waals surface area contributed by atoms with Crippen LogP contribution in [0.5, 0.6) is 5.75 Å². The van der Waals surface area contributed by atoms with Crippen LogP contribution in [0.3, 0.4) is 0 Å². The SMILES string of the molecule is Cc1ccccc1OC[C@H]1COB(c2cc[cH-]c2)O1.[Fe].c1cc[cH-]c1.